The Hall–Kier alpha value is -2.56. The van der Waals surface area contributed by atoms with E-state index in [0.29, 0.717) is 31.7 Å². The number of carbonyl (C=O) groups is 1. The van der Waals surface area contributed by atoms with Crippen molar-refractivity contribution in [2.75, 3.05) is 19.8 Å². The molecule has 0 radical (unpaired) electrons. The molecule has 0 saturated carbocycles. The number of hydrogen-bond donors (Lipinski definition) is 1. The quantitative estimate of drug-likeness (QED) is 0.939. The molecule has 2 aliphatic rings. The molecule has 4 nitrogen and oxygen atoms in total. The van der Waals surface area contributed by atoms with Crippen LogP contribution in [0.1, 0.15) is 27.0 Å². The van der Waals surface area contributed by atoms with Gasteiger partial charge in [-0.15, -0.1) is 0 Å². The van der Waals surface area contributed by atoms with Crippen molar-refractivity contribution in [2.45, 2.75) is 19.3 Å². The molecule has 0 unspecified atom stereocenters. The maximum atomic E-state index is 12.9. The lowest BCUT2D eigenvalue weighted by Crippen LogP contribution is -2.26. The molecule has 0 spiro atoms. The van der Waals surface area contributed by atoms with Gasteiger partial charge in [-0.05, 0) is 36.8 Å². The second-order valence-electron chi connectivity index (χ2n) is 6.03. The van der Waals surface area contributed by atoms with Crippen molar-refractivity contribution in [1.82, 2.24) is 5.32 Å². The molecule has 24 heavy (non-hydrogen) atoms. The number of amides is 1. The second-order valence-corrected chi connectivity index (χ2v) is 6.03. The summed E-state index contributed by atoms with van der Waals surface area (Å²) in [7, 11) is 0. The van der Waals surface area contributed by atoms with E-state index in [9.17, 15) is 9.18 Å². The third-order valence-electron chi connectivity index (χ3n) is 4.53. The van der Waals surface area contributed by atoms with Gasteiger partial charge in [-0.1, -0.05) is 0 Å². The van der Waals surface area contributed by atoms with Crippen LogP contribution < -0.4 is 14.8 Å². The minimum Gasteiger partial charge on any atom is -0.493 e. The van der Waals surface area contributed by atoms with Crippen LogP contribution in [0.3, 0.4) is 0 Å². The summed E-state index contributed by atoms with van der Waals surface area (Å²) in [6.45, 7) is 1.91. The fraction of sp³-hybridized carbons (Fsp3) is 0.316. The molecular weight excluding hydrogens is 309 g/mol. The Bertz CT molecular complexity index is 754. The number of halogens is 1. The van der Waals surface area contributed by atoms with E-state index in [0.717, 1.165) is 29.9 Å². The van der Waals surface area contributed by atoms with Gasteiger partial charge in [0.25, 0.3) is 5.91 Å². The number of ether oxygens (including phenoxy) is 2. The molecule has 0 fully saturated rings. The average molecular weight is 327 g/mol. The number of rotatable bonds is 4. The lowest BCUT2D eigenvalue weighted by Gasteiger charge is -2.13. The number of benzene rings is 2. The zero-order valence-corrected chi connectivity index (χ0v) is 13.2. The Morgan fingerprint density at radius 2 is 1.92 bits per heavy atom. The van der Waals surface area contributed by atoms with Crippen molar-refractivity contribution >= 4 is 5.91 Å². The minimum absolute atomic E-state index is 0.198. The molecule has 2 aromatic rings. The maximum absolute atomic E-state index is 12.9. The SMILES string of the molecule is O=C(NCCc1c2c(cc3c1OCC3)OCC2)c1ccc(F)cc1. The Morgan fingerprint density at radius 1 is 1.12 bits per heavy atom. The fourth-order valence-corrected chi connectivity index (χ4v) is 3.35. The summed E-state index contributed by atoms with van der Waals surface area (Å²) in [5, 5.41) is 2.89. The van der Waals surface area contributed by atoms with Crippen LogP contribution in [0.5, 0.6) is 11.5 Å². The van der Waals surface area contributed by atoms with Crippen LogP contribution in [0.15, 0.2) is 30.3 Å². The molecule has 2 aromatic carbocycles. The third-order valence-corrected chi connectivity index (χ3v) is 4.53. The number of carbonyl (C=O) groups excluding carboxylic acids is 1. The second kappa shape index (κ2) is 6.15. The van der Waals surface area contributed by atoms with Crippen LogP contribution in [-0.2, 0) is 19.3 Å². The van der Waals surface area contributed by atoms with Crippen LogP contribution in [-0.4, -0.2) is 25.7 Å². The molecule has 5 heteroatoms. The van der Waals surface area contributed by atoms with Gasteiger partial charge >= 0.3 is 0 Å². The van der Waals surface area contributed by atoms with Gasteiger partial charge in [-0.2, -0.15) is 0 Å². The van der Waals surface area contributed by atoms with Crippen LogP contribution in [0.4, 0.5) is 4.39 Å². The molecule has 1 N–H and O–H groups in total. The van der Waals surface area contributed by atoms with Gasteiger partial charge in [0.2, 0.25) is 0 Å². The van der Waals surface area contributed by atoms with Crippen LogP contribution >= 0.6 is 0 Å². The van der Waals surface area contributed by atoms with Crippen molar-refractivity contribution < 1.29 is 18.7 Å². The molecular formula is C19H18FNO3. The highest BCUT2D eigenvalue weighted by Gasteiger charge is 2.26. The molecule has 4 rings (SSSR count). The monoisotopic (exact) mass is 327 g/mol. The number of hydrogen-bond acceptors (Lipinski definition) is 3. The molecule has 2 aliphatic heterocycles. The zero-order chi connectivity index (χ0) is 16.5. The van der Waals surface area contributed by atoms with Crippen LogP contribution in [0, 0.1) is 5.82 Å². The van der Waals surface area contributed by atoms with Crippen molar-refractivity contribution in [3.8, 4) is 11.5 Å². The van der Waals surface area contributed by atoms with Gasteiger partial charge in [0.15, 0.2) is 0 Å². The van der Waals surface area contributed by atoms with Gasteiger partial charge in [0, 0.05) is 41.6 Å². The van der Waals surface area contributed by atoms with E-state index >= 15 is 0 Å². The van der Waals surface area contributed by atoms with Crippen LogP contribution in [0.2, 0.25) is 0 Å². The summed E-state index contributed by atoms with van der Waals surface area (Å²) in [5.74, 6) is 1.38. The molecule has 0 aromatic heterocycles. The van der Waals surface area contributed by atoms with E-state index in [1.165, 1.54) is 35.4 Å². The molecule has 0 aliphatic carbocycles. The molecule has 0 atom stereocenters. The standard InChI is InChI=1S/C19H18FNO3/c20-14-3-1-12(2-4-14)19(22)21-8-5-16-15-7-10-23-17(15)11-13-6-9-24-18(13)16/h1-4,11H,5-10H2,(H,21,22). The lowest BCUT2D eigenvalue weighted by atomic mass is 9.97. The van der Waals surface area contributed by atoms with Crippen molar-refractivity contribution in [2.24, 2.45) is 0 Å². The van der Waals surface area contributed by atoms with Gasteiger partial charge in [-0.3, -0.25) is 4.79 Å². The summed E-state index contributed by atoms with van der Waals surface area (Å²) in [6.07, 6.45) is 2.48. The largest absolute Gasteiger partial charge is 0.493 e. The first kappa shape index (κ1) is 15.0. The van der Waals surface area contributed by atoms with E-state index < -0.39 is 0 Å². The van der Waals surface area contributed by atoms with Gasteiger partial charge < -0.3 is 14.8 Å². The predicted octanol–water partition coefficient (Wildman–Crippen LogP) is 2.67. The smallest absolute Gasteiger partial charge is 0.251 e. The van der Waals surface area contributed by atoms with Crippen molar-refractivity contribution in [3.63, 3.8) is 0 Å². The fourth-order valence-electron chi connectivity index (χ4n) is 3.35. The third kappa shape index (κ3) is 2.70. The summed E-state index contributed by atoms with van der Waals surface area (Å²) in [6, 6.07) is 7.64. The number of fused-ring (bicyclic) bond motifs is 2. The molecule has 0 bridgehead atoms. The average Bonchev–Trinajstić information content (AvgIpc) is 3.23. The first-order chi connectivity index (χ1) is 11.7. The van der Waals surface area contributed by atoms with Crippen molar-refractivity contribution in [3.05, 3.63) is 58.4 Å². The number of nitrogens with one attached hydrogen (secondary N) is 1. The summed E-state index contributed by atoms with van der Waals surface area (Å²) in [5.41, 5.74) is 4.00. The van der Waals surface area contributed by atoms with Gasteiger partial charge in [0.05, 0.1) is 13.2 Å². The van der Waals surface area contributed by atoms with E-state index in [4.69, 9.17) is 9.47 Å². The first-order valence-electron chi connectivity index (χ1n) is 8.19. The highest BCUT2D eigenvalue weighted by molar-refractivity contribution is 5.94. The maximum Gasteiger partial charge on any atom is 0.251 e. The summed E-state index contributed by atoms with van der Waals surface area (Å²) < 4.78 is 24.4. The Balaban J connectivity index is 1.47. The van der Waals surface area contributed by atoms with E-state index in [1.807, 2.05) is 0 Å². The van der Waals surface area contributed by atoms with Gasteiger partial charge in [0.1, 0.15) is 17.3 Å². The summed E-state index contributed by atoms with van der Waals surface area (Å²) in [4.78, 5) is 12.1. The van der Waals surface area contributed by atoms with Crippen LogP contribution in [0.25, 0.3) is 0 Å². The Kier molecular flexibility index (Phi) is 3.84. The molecule has 0 saturated heterocycles. The normalized spacial score (nSPS) is 14.5. The summed E-state index contributed by atoms with van der Waals surface area (Å²) >= 11 is 0. The Morgan fingerprint density at radius 3 is 2.75 bits per heavy atom. The predicted molar refractivity (Wildman–Crippen MR) is 87.3 cm³/mol. The van der Waals surface area contributed by atoms with E-state index in [1.54, 1.807) is 0 Å². The Labute approximate surface area is 139 Å². The molecule has 1 amide bonds. The van der Waals surface area contributed by atoms with Crippen molar-refractivity contribution in [1.29, 1.82) is 0 Å². The highest BCUT2D eigenvalue weighted by Crippen LogP contribution is 2.40. The molecule has 2 heterocycles. The van der Waals surface area contributed by atoms with E-state index in [2.05, 4.69) is 11.4 Å². The molecule has 124 valence electrons. The minimum atomic E-state index is -0.348. The van der Waals surface area contributed by atoms with Gasteiger partial charge in [-0.25, -0.2) is 4.39 Å². The zero-order valence-electron chi connectivity index (χ0n) is 13.2. The topological polar surface area (TPSA) is 47.6 Å². The van der Waals surface area contributed by atoms with E-state index in [-0.39, 0.29) is 11.7 Å². The highest BCUT2D eigenvalue weighted by atomic mass is 19.1. The first-order valence-corrected chi connectivity index (χ1v) is 8.19. The lowest BCUT2D eigenvalue weighted by molar-refractivity contribution is 0.0954.